The Morgan fingerprint density at radius 3 is 2.48 bits per heavy atom. The lowest BCUT2D eigenvalue weighted by Crippen LogP contribution is -2.33. The molecule has 0 spiro atoms. The summed E-state index contributed by atoms with van der Waals surface area (Å²) in [6.07, 6.45) is 5.51. The molecule has 0 bridgehead atoms. The van der Waals surface area contributed by atoms with E-state index in [1.807, 2.05) is 0 Å². The van der Waals surface area contributed by atoms with Gasteiger partial charge >= 0.3 is 5.97 Å². The number of rotatable bonds is 3. The molecule has 0 N–H and O–H groups in total. The number of aliphatic imine (C=N–C) groups is 1. The third-order valence-corrected chi connectivity index (χ3v) is 5.22. The maximum Gasteiger partial charge on any atom is 0.341 e. The minimum Gasteiger partial charge on any atom is -0.465 e. The number of carbonyl (C=O) groups is 1. The van der Waals surface area contributed by atoms with E-state index in [2.05, 4.69) is 55.6 Å². The molecule has 1 aromatic carbocycles. The van der Waals surface area contributed by atoms with E-state index in [0.29, 0.717) is 11.4 Å². The van der Waals surface area contributed by atoms with Crippen molar-refractivity contribution in [2.75, 3.05) is 7.11 Å². The second-order valence-corrected chi connectivity index (χ2v) is 8.00. The van der Waals surface area contributed by atoms with Gasteiger partial charge in [0.15, 0.2) is 0 Å². The van der Waals surface area contributed by atoms with Crippen LogP contribution in [-0.2, 0) is 15.6 Å². The summed E-state index contributed by atoms with van der Waals surface area (Å²) in [5.41, 5.74) is 4.58. The Kier molecular flexibility index (Phi) is 4.31. The van der Waals surface area contributed by atoms with Gasteiger partial charge in [-0.2, -0.15) is 0 Å². The second-order valence-electron chi connectivity index (χ2n) is 8.00. The molecule has 2 aromatic rings. The molecule has 0 radical (unpaired) electrons. The van der Waals surface area contributed by atoms with Crippen molar-refractivity contribution < 1.29 is 13.9 Å². The summed E-state index contributed by atoms with van der Waals surface area (Å²) in [4.78, 5) is 15.8. The van der Waals surface area contributed by atoms with Crippen LogP contribution in [0.15, 0.2) is 39.9 Å². The summed E-state index contributed by atoms with van der Waals surface area (Å²) in [6.45, 7) is 9.23. The fourth-order valence-electron chi connectivity index (χ4n) is 3.44. The highest BCUT2D eigenvalue weighted by Crippen LogP contribution is 2.45. The highest BCUT2D eigenvalue weighted by molar-refractivity contribution is 5.90. The molecule has 0 fully saturated rings. The van der Waals surface area contributed by atoms with Gasteiger partial charge in [-0.1, -0.05) is 39.8 Å². The lowest BCUT2D eigenvalue weighted by atomic mass is 9.63. The number of ether oxygens (including phenoxy) is 1. The van der Waals surface area contributed by atoms with Crippen LogP contribution in [0.1, 0.15) is 67.6 Å². The zero-order chi connectivity index (χ0) is 18.2. The number of esters is 1. The van der Waals surface area contributed by atoms with Crippen molar-refractivity contribution in [1.82, 2.24) is 0 Å². The van der Waals surface area contributed by atoms with Gasteiger partial charge in [-0.25, -0.2) is 9.79 Å². The van der Waals surface area contributed by atoms with Crippen molar-refractivity contribution in [3.8, 4) is 0 Å². The average Bonchev–Trinajstić information content (AvgIpc) is 3.05. The summed E-state index contributed by atoms with van der Waals surface area (Å²) >= 11 is 0. The molecule has 1 aliphatic carbocycles. The Morgan fingerprint density at radius 1 is 1.12 bits per heavy atom. The Morgan fingerprint density at radius 2 is 1.80 bits per heavy atom. The number of carbonyl (C=O) groups excluding carboxylic acids is 1. The second kappa shape index (κ2) is 6.17. The first-order chi connectivity index (χ1) is 11.7. The standard InChI is InChI=1S/C21H25NO3/c1-20(2)8-9-21(3,4)17-10-14(6-7-16(17)20)12-22-18-11-15(13-25-18)19(23)24-5/h6-7,10-13H,8-9H2,1-5H3. The van der Waals surface area contributed by atoms with E-state index in [-0.39, 0.29) is 10.8 Å². The van der Waals surface area contributed by atoms with Crippen LogP contribution in [0.25, 0.3) is 0 Å². The minimum atomic E-state index is -0.428. The van der Waals surface area contributed by atoms with Crippen LogP contribution in [0.4, 0.5) is 5.88 Å². The van der Waals surface area contributed by atoms with Gasteiger partial charge < -0.3 is 9.15 Å². The topological polar surface area (TPSA) is 51.8 Å². The number of furan rings is 1. The van der Waals surface area contributed by atoms with Crippen molar-refractivity contribution in [2.45, 2.75) is 51.4 Å². The van der Waals surface area contributed by atoms with E-state index >= 15 is 0 Å². The molecule has 0 saturated heterocycles. The molecule has 4 nitrogen and oxygen atoms in total. The predicted molar refractivity (Wildman–Crippen MR) is 99.0 cm³/mol. The van der Waals surface area contributed by atoms with E-state index in [4.69, 9.17) is 4.42 Å². The highest BCUT2D eigenvalue weighted by atomic mass is 16.5. The third-order valence-electron chi connectivity index (χ3n) is 5.22. The van der Waals surface area contributed by atoms with E-state index in [1.165, 1.54) is 37.3 Å². The lowest BCUT2D eigenvalue weighted by molar-refractivity contribution is 0.0600. The number of nitrogens with zero attached hydrogens (tertiary/aromatic N) is 1. The first kappa shape index (κ1) is 17.5. The summed E-state index contributed by atoms with van der Waals surface area (Å²) < 4.78 is 9.96. The van der Waals surface area contributed by atoms with Crippen LogP contribution in [-0.4, -0.2) is 19.3 Å². The molecule has 1 aromatic heterocycles. The van der Waals surface area contributed by atoms with Crippen LogP contribution in [0.2, 0.25) is 0 Å². The predicted octanol–water partition coefficient (Wildman–Crippen LogP) is 5.17. The van der Waals surface area contributed by atoms with Crippen LogP contribution in [0.5, 0.6) is 0 Å². The van der Waals surface area contributed by atoms with Gasteiger partial charge in [0.25, 0.3) is 0 Å². The SMILES string of the molecule is COC(=O)c1coc(N=Cc2ccc3c(c2)C(C)(C)CCC3(C)C)c1. The number of hydrogen-bond donors (Lipinski definition) is 0. The van der Waals surface area contributed by atoms with Gasteiger partial charge in [-0.3, -0.25) is 0 Å². The molecule has 1 aliphatic rings. The minimum absolute atomic E-state index is 0.164. The Labute approximate surface area is 148 Å². The number of benzene rings is 1. The Bertz CT molecular complexity index is 827. The van der Waals surface area contributed by atoms with Crippen LogP contribution in [0, 0.1) is 0 Å². The monoisotopic (exact) mass is 339 g/mol. The molecule has 4 heteroatoms. The van der Waals surface area contributed by atoms with E-state index in [0.717, 1.165) is 5.56 Å². The molecule has 0 unspecified atom stereocenters. The molecule has 132 valence electrons. The molecule has 3 rings (SSSR count). The molecule has 0 aliphatic heterocycles. The van der Waals surface area contributed by atoms with Crippen LogP contribution < -0.4 is 0 Å². The number of hydrogen-bond acceptors (Lipinski definition) is 4. The molecule has 0 atom stereocenters. The fraction of sp³-hybridized carbons (Fsp3) is 0.429. The normalized spacial score (nSPS) is 18.1. The Hall–Kier alpha value is -2.36. The lowest BCUT2D eigenvalue weighted by Gasteiger charge is -2.42. The molecule has 1 heterocycles. The maximum atomic E-state index is 11.5. The van der Waals surface area contributed by atoms with Crippen LogP contribution in [0.3, 0.4) is 0 Å². The van der Waals surface area contributed by atoms with Gasteiger partial charge in [-0.15, -0.1) is 0 Å². The van der Waals surface area contributed by atoms with Crippen molar-refractivity contribution >= 4 is 18.1 Å². The molecular formula is C21H25NO3. The summed E-state index contributed by atoms with van der Waals surface area (Å²) in [5.74, 6) is -0.0410. The Balaban J connectivity index is 1.89. The largest absolute Gasteiger partial charge is 0.465 e. The van der Waals surface area contributed by atoms with Gasteiger partial charge in [0.2, 0.25) is 5.88 Å². The molecule has 0 saturated carbocycles. The first-order valence-electron chi connectivity index (χ1n) is 8.59. The first-order valence-corrected chi connectivity index (χ1v) is 8.59. The van der Waals surface area contributed by atoms with Gasteiger partial charge in [-0.05, 0) is 46.4 Å². The summed E-state index contributed by atoms with van der Waals surface area (Å²) in [7, 11) is 1.34. The van der Waals surface area contributed by atoms with E-state index in [1.54, 1.807) is 12.3 Å². The summed E-state index contributed by atoms with van der Waals surface area (Å²) in [5, 5.41) is 0. The van der Waals surface area contributed by atoms with Gasteiger partial charge in [0.1, 0.15) is 11.8 Å². The highest BCUT2D eigenvalue weighted by Gasteiger charge is 2.36. The van der Waals surface area contributed by atoms with Gasteiger partial charge in [0.05, 0.1) is 7.11 Å². The third kappa shape index (κ3) is 3.39. The molecular weight excluding hydrogens is 314 g/mol. The zero-order valence-corrected chi connectivity index (χ0v) is 15.6. The molecule has 0 amide bonds. The summed E-state index contributed by atoms with van der Waals surface area (Å²) in [6, 6.07) is 8.12. The van der Waals surface area contributed by atoms with Crippen LogP contribution >= 0.6 is 0 Å². The fourth-order valence-corrected chi connectivity index (χ4v) is 3.44. The molecule has 25 heavy (non-hydrogen) atoms. The van der Waals surface area contributed by atoms with Crippen molar-refractivity contribution in [2.24, 2.45) is 4.99 Å². The number of methoxy groups -OCH3 is 1. The average molecular weight is 339 g/mol. The zero-order valence-electron chi connectivity index (χ0n) is 15.6. The van der Waals surface area contributed by atoms with E-state index in [9.17, 15) is 4.79 Å². The van der Waals surface area contributed by atoms with Crippen molar-refractivity contribution in [3.63, 3.8) is 0 Å². The smallest absolute Gasteiger partial charge is 0.341 e. The quantitative estimate of drug-likeness (QED) is 0.573. The van der Waals surface area contributed by atoms with Crippen molar-refractivity contribution in [3.05, 3.63) is 52.8 Å². The van der Waals surface area contributed by atoms with Gasteiger partial charge in [0, 0.05) is 12.3 Å². The maximum absolute atomic E-state index is 11.5. The van der Waals surface area contributed by atoms with E-state index < -0.39 is 5.97 Å². The van der Waals surface area contributed by atoms with Crippen molar-refractivity contribution in [1.29, 1.82) is 0 Å². The number of fused-ring (bicyclic) bond motifs is 1.